The smallest absolute Gasteiger partial charge is 0.303 e. The van der Waals surface area contributed by atoms with Gasteiger partial charge in [0, 0.05) is 12.8 Å². The second-order valence-electron chi connectivity index (χ2n) is 12.2. The summed E-state index contributed by atoms with van der Waals surface area (Å²) < 4.78 is 11.3. The maximum Gasteiger partial charge on any atom is 0.303 e. The average molecular weight is 593 g/mol. The number of rotatable bonds is 28. The average Bonchev–Trinajstić information content (AvgIpc) is 3.88. The van der Waals surface area contributed by atoms with Crippen molar-refractivity contribution in [2.75, 3.05) is 0 Å². The molecule has 0 saturated carbocycles. The Kier molecular flexibility index (Phi) is 24.6. The summed E-state index contributed by atoms with van der Waals surface area (Å²) in [6.07, 6.45) is 37.5. The summed E-state index contributed by atoms with van der Waals surface area (Å²) in [4.78, 5) is 20.7. The van der Waals surface area contributed by atoms with E-state index in [1.807, 2.05) is 0 Å². The molecule has 0 spiro atoms. The van der Waals surface area contributed by atoms with Crippen LogP contribution < -0.4 is 0 Å². The molecule has 2 aliphatic rings. The van der Waals surface area contributed by atoms with Gasteiger partial charge < -0.3 is 19.7 Å². The lowest BCUT2D eigenvalue weighted by atomic mass is 10.1. The van der Waals surface area contributed by atoms with E-state index in [2.05, 4.69) is 38.2 Å². The summed E-state index contributed by atoms with van der Waals surface area (Å²) in [5.74, 6) is -1.35. The normalized spacial score (nSPS) is 21.0. The molecular weight excluding hydrogens is 528 g/mol. The van der Waals surface area contributed by atoms with Gasteiger partial charge in [0.1, 0.15) is 0 Å². The maximum atomic E-state index is 10.3. The highest BCUT2D eigenvalue weighted by Crippen LogP contribution is 2.31. The van der Waals surface area contributed by atoms with Crippen LogP contribution in [-0.4, -0.2) is 46.6 Å². The van der Waals surface area contributed by atoms with E-state index in [1.54, 1.807) is 0 Å². The van der Waals surface area contributed by atoms with E-state index in [0.717, 1.165) is 64.2 Å². The lowest BCUT2D eigenvalue weighted by Gasteiger charge is -1.98. The Morgan fingerprint density at radius 3 is 1.26 bits per heavy atom. The molecule has 2 aliphatic heterocycles. The predicted molar refractivity (Wildman–Crippen MR) is 173 cm³/mol. The Morgan fingerprint density at radius 2 is 0.881 bits per heavy atom. The number of hydrogen-bond acceptors (Lipinski definition) is 4. The Hall–Kier alpha value is -1.66. The minimum absolute atomic E-state index is 0.320. The quantitative estimate of drug-likeness (QED) is 0.0532. The maximum absolute atomic E-state index is 10.3. The van der Waals surface area contributed by atoms with Crippen LogP contribution in [0.3, 0.4) is 0 Å². The van der Waals surface area contributed by atoms with Gasteiger partial charge in [0.25, 0.3) is 0 Å². The first-order valence-corrected chi connectivity index (χ1v) is 17.5. The van der Waals surface area contributed by atoms with Gasteiger partial charge in [-0.25, -0.2) is 0 Å². The lowest BCUT2D eigenvalue weighted by Crippen LogP contribution is -1.93. The van der Waals surface area contributed by atoms with Gasteiger partial charge >= 0.3 is 11.9 Å². The molecule has 0 aromatic heterocycles. The van der Waals surface area contributed by atoms with Gasteiger partial charge in [0.2, 0.25) is 0 Å². The SMILES string of the molecule is CCCCC[C@H]1O[C@H]1C/C=C\CCCCCCCC(=O)O.CCCCC[C@H]1O[C@H]1CC=CCCCCCCCC(=O)O. The zero-order valence-electron chi connectivity index (χ0n) is 27.1. The molecule has 42 heavy (non-hydrogen) atoms. The van der Waals surface area contributed by atoms with Crippen LogP contribution in [0.4, 0.5) is 0 Å². The summed E-state index contributed by atoms with van der Waals surface area (Å²) in [5, 5.41) is 17.0. The number of ether oxygens (including phenoxy) is 2. The minimum Gasteiger partial charge on any atom is -0.481 e. The highest BCUT2D eigenvalue weighted by molar-refractivity contribution is 5.66. The Balaban J connectivity index is 0.000000420. The molecule has 4 atom stereocenters. The summed E-state index contributed by atoms with van der Waals surface area (Å²) in [6.45, 7) is 4.47. The van der Waals surface area contributed by atoms with Gasteiger partial charge in [-0.2, -0.15) is 0 Å². The van der Waals surface area contributed by atoms with E-state index >= 15 is 0 Å². The Bertz CT molecular complexity index is 658. The molecular formula is C36H64O6. The third kappa shape index (κ3) is 24.9. The monoisotopic (exact) mass is 592 g/mol. The molecule has 6 heteroatoms. The standard InChI is InChI=1S/2C18H32O3/c2*1-2-3-10-13-16-17(21-16)14-11-8-6-4-5-7-9-12-15-18(19)20/h2*8,11,16-17H,2-7,9-10,12-15H2,1H3,(H,19,20)/b11-8-;/t2*16-,17+/m11/s1. The number of carbonyl (C=O) groups is 2. The summed E-state index contributed by atoms with van der Waals surface area (Å²) >= 11 is 0. The van der Waals surface area contributed by atoms with Gasteiger partial charge in [-0.05, 0) is 64.2 Å². The molecule has 2 heterocycles. The van der Waals surface area contributed by atoms with Gasteiger partial charge in [-0.3, -0.25) is 9.59 Å². The number of hydrogen-bond donors (Lipinski definition) is 2. The van der Waals surface area contributed by atoms with Gasteiger partial charge in [-0.15, -0.1) is 0 Å². The Labute approximate surface area is 257 Å². The molecule has 0 aromatic carbocycles. The van der Waals surface area contributed by atoms with Crippen LogP contribution in [0.25, 0.3) is 0 Å². The number of carboxylic acids is 2. The second kappa shape index (κ2) is 26.9. The fourth-order valence-corrected chi connectivity index (χ4v) is 5.31. The first-order valence-electron chi connectivity index (χ1n) is 17.5. The van der Waals surface area contributed by atoms with Crippen LogP contribution in [0, 0.1) is 0 Å². The van der Waals surface area contributed by atoms with E-state index < -0.39 is 11.9 Å². The van der Waals surface area contributed by atoms with Crippen molar-refractivity contribution < 1.29 is 29.3 Å². The Morgan fingerprint density at radius 1 is 0.500 bits per heavy atom. The van der Waals surface area contributed by atoms with E-state index in [0.29, 0.717) is 37.3 Å². The minimum atomic E-state index is -0.673. The summed E-state index contributed by atoms with van der Waals surface area (Å²) in [5.41, 5.74) is 0. The fourth-order valence-electron chi connectivity index (χ4n) is 5.31. The molecule has 6 nitrogen and oxygen atoms in total. The van der Waals surface area contributed by atoms with Crippen LogP contribution in [0.5, 0.6) is 0 Å². The van der Waals surface area contributed by atoms with Crippen molar-refractivity contribution in [3.63, 3.8) is 0 Å². The van der Waals surface area contributed by atoms with E-state index in [-0.39, 0.29) is 0 Å². The number of epoxide rings is 2. The number of allylic oxidation sites excluding steroid dienone is 2. The van der Waals surface area contributed by atoms with Crippen molar-refractivity contribution in [1.82, 2.24) is 0 Å². The molecule has 0 radical (unpaired) electrons. The topological polar surface area (TPSA) is 99.7 Å². The van der Waals surface area contributed by atoms with Crippen LogP contribution in [-0.2, 0) is 19.1 Å². The molecule has 0 aromatic rings. The summed E-state index contributed by atoms with van der Waals surface area (Å²) in [6, 6.07) is 0. The molecule has 0 bridgehead atoms. The molecule has 2 saturated heterocycles. The van der Waals surface area contributed by atoms with Crippen LogP contribution >= 0.6 is 0 Å². The molecule has 2 rings (SSSR count). The van der Waals surface area contributed by atoms with Crippen molar-refractivity contribution >= 4 is 11.9 Å². The van der Waals surface area contributed by atoms with Gasteiger partial charge in [0.05, 0.1) is 24.4 Å². The van der Waals surface area contributed by atoms with E-state index in [4.69, 9.17) is 19.7 Å². The fraction of sp³-hybridized carbons (Fsp3) is 0.833. The molecule has 0 unspecified atom stereocenters. The van der Waals surface area contributed by atoms with Gasteiger partial charge in [-0.1, -0.05) is 115 Å². The number of carboxylic acid groups (broad SMARTS) is 2. The number of unbranched alkanes of at least 4 members (excludes halogenated alkanes) is 14. The molecule has 0 amide bonds. The third-order valence-electron chi connectivity index (χ3n) is 8.15. The molecule has 2 N–H and O–H groups in total. The van der Waals surface area contributed by atoms with Crippen LogP contribution in [0.1, 0.15) is 168 Å². The van der Waals surface area contributed by atoms with Crippen molar-refractivity contribution in [3.05, 3.63) is 24.3 Å². The highest BCUT2D eigenvalue weighted by Gasteiger charge is 2.37. The van der Waals surface area contributed by atoms with E-state index in [9.17, 15) is 9.59 Å². The molecule has 0 aliphatic carbocycles. The summed E-state index contributed by atoms with van der Waals surface area (Å²) in [7, 11) is 0. The van der Waals surface area contributed by atoms with Gasteiger partial charge in [0.15, 0.2) is 0 Å². The number of aliphatic carboxylic acids is 2. The first kappa shape index (κ1) is 38.4. The first-order chi connectivity index (χ1) is 20.5. The largest absolute Gasteiger partial charge is 0.481 e. The zero-order chi connectivity index (χ0) is 30.7. The van der Waals surface area contributed by atoms with Crippen LogP contribution in [0.2, 0.25) is 0 Å². The second-order valence-corrected chi connectivity index (χ2v) is 12.2. The van der Waals surface area contributed by atoms with Crippen molar-refractivity contribution in [2.24, 2.45) is 0 Å². The van der Waals surface area contributed by atoms with Crippen molar-refractivity contribution in [2.45, 2.75) is 192 Å². The third-order valence-corrected chi connectivity index (χ3v) is 8.15. The van der Waals surface area contributed by atoms with E-state index in [1.165, 1.54) is 77.0 Å². The van der Waals surface area contributed by atoms with Crippen molar-refractivity contribution in [1.29, 1.82) is 0 Å². The predicted octanol–water partition coefficient (Wildman–Crippen LogP) is 10.2. The zero-order valence-corrected chi connectivity index (χ0v) is 27.1. The molecule has 244 valence electrons. The van der Waals surface area contributed by atoms with Crippen molar-refractivity contribution in [3.8, 4) is 0 Å². The lowest BCUT2D eigenvalue weighted by molar-refractivity contribution is -0.138. The highest BCUT2D eigenvalue weighted by atomic mass is 16.6. The van der Waals surface area contributed by atoms with Crippen LogP contribution in [0.15, 0.2) is 24.3 Å². The molecule has 2 fully saturated rings.